The number of rotatable bonds is 14. The first kappa shape index (κ1) is 31.0. The molecule has 0 saturated heterocycles. The molecule has 3 aromatic rings. The lowest BCUT2D eigenvalue weighted by Gasteiger charge is -2.33. The number of amides is 2. The summed E-state index contributed by atoms with van der Waals surface area (Å²) < 4.78 is 32.0. The Hall–Kier alpha value is -3.56. The van der Waals surface area contributed by atoms with Gasteiger partial charge >= 0.3 is 0 Å². The fraction of sp³-hybridized carbons (Fsp3) is 0.333. The normalized spacial score (nSPS) is 11.9. The van der Waals surface area contributed by atoms with Crippen molar-refractivity contribution in [3.63, 3.8) is 0 Å². The fourth-order valence-electron chi connectivity index (χ4n) is 4.27. The number of carbonyl (C=O) groups excluding carboxylic acids is 2. The zero-order chi connectivity index (χ0) is 29.1. The molecule has 8 nitrogen and oxygen atoms in total. The molecule has 1 atom stereocenters. The van der Waals surface area contributed by atoms with E-state index >= 15 is 0 Å². The highest BCUT2D eigenvalue weighted by Gasteiger charge is 2.33. The van der Waals surface area contributed by atoms with Gasteiger partial charge in [-0.3, -0.25) is 13.9 Å². The lowest BCUT2D eigenvalue weighted by molar-refractivity contribution is -0.140. The summed E-state index contributed by atoms with van der Waals surface area (Å²) in [6.07, 6.45) is 2.99. The molecule has 0 radical (unpaired) electrons. The lowest BCUT2D eigenvalue weighted by Crippen LogP contribution is -2.53. The number of benzene rings is 3. The lowest BCUT2D eigenvalue weighted by atomic mass is 10.0. The minimum atomic E-state index is -3.86. The maximum atomic E-state index is 14.1. The Labute approximate surface area is 241 Å². The van der Waals surface area contributed by atoms with E-state index in [0.717, 1.165) is 34.5 Å². The zero-order valence-electron chi connectivity index (χ0n) is 23.0. The van der Waals surface area contributed by atoms with Gasteiger partial charge in [-0.05, 0) is 47.9 Å². The van der Waals surface area contributed by atoms with Gasteiger partial charge in [0.25, 0.3) is 0 Å². The second-order valence-corrected chi connectivity index (χ2v) is 11.8. The molecule has 214 valence electrons. The molecule has 0 spiro atoms. The smallest absolute Gasteiger partial charge is 0.244 e. The number of halogens is 1. The Balaban J connectivity index is 2.04. The van der Waals surface area contributed by atoms with Crippen molar-refractivity contribution < 1.29 is 22.7 Å². The highest BCUT2D eigenvalue weighted by Crippen LogP contribution is 2.24. The highest BCUT2D eigenvalue weighted by atomic mass is 35.5. The van der Waals surface area contributed by atoms with Gasteiger partial charge in [-0.25, -0.2) is 8.42 Å². The average molecular weight is 586 g/mol. The molecule has 1 N–H and O–H groups in total. The molecular weight excluding hydrogens is 550 g/mol. The molecule has 0 aliphatic rings. The largest absolute Gasteiger partial charge is 0.497 e. The topological polar surface area (TPSA) is 96.0 Å². The zero-order valence-corrected chi connectivity index (χ0v) is 24.6. The van der Waals surface area contributed by atoms with Crippen molar-refractivity contribution in [3.05, 3.63) is 95.0 Å². The predicted molar refractivity (Wildman–Crippen MR) is 159 cm³/mol. The van der Waals surface area contributed by atoms with Crippen molar-refractivity contribution in [2.75, 3.05) is 30.8 Å². The van der Waals surface area contributed by atoms with Gasteiger partial charge in [-0.2, -0.15) is 0 Å². The molecule has 0 fully saturated rings. The van der Waals surface area contributed by atoms with Crippen LogP contribution in [-0.4, -0.2) is 57.6 Å². The van der Waals surface area contributed by atoms with E-state index in [9.17, 15) is 18.0 Å². The van der Waals surface area contributed by atoms with E-state index in [1.807, 2.05) is 43.3 Å². The van der Waals surface area contributed by atoms with E-state index in [4.69, 9.17) is 16.3 Å². The van der Waals surface area contributed by atoms with Gasteiger partial charge in [0, 0.05) is 24.5 Å². The van der Waals surface area contributed by atoms with Gasteiger partial charge in [-0.15, -0.1) is 0 Å². The van der Waals surface area contributed by atoms with Crippen molar-refractivity contribution in [1.29, 1.82) is 0 Å². The first-order chi connectivity index (χ1) is 19.1. The number of unbranched alkanes of at least 4 members (excludes halogenated alkanes) is 1. The van der Waals surface area contributed by atoms with E-state index in [0.29, 0.717) is 17.3 Å². The number of hydrogen-bond acceptors (Lipinski definition) is 5. The molecule has 0 aliphatic carbocycles. The minimum Gasteiger partial charge on any atom is -0.497 e. The molecule has 3 rings (SSSR count). The van der Waals surface area contributed by atoms with Crippen LogP contribution in [0.15, 0.2) is 78.9 Å². The van der Waals surface area contributed by atoms with Crippen LogP contribution in [0.1, 0.15) is 30.9 Å². The van der Waals surface area contributed by atoms with Crippen LogP contribution < -0.4 is 14.4 Å². The Morgan fingerprint density at radius 3 is 2.33 bits per heavy atom. The van der Waals surface area contributed by atoms with E-state index in [-0.39, 0.29) is 24.6 Å². The van der Waals surface area contributed by atoms with Crippen LogP contribution >= 0.6 is 11.6 Å². The summed E-state index contributed by atoms with van der Waals surface area (Å²) in [5.41, 5.74) is 1.87. The minimum absolute atomic E-state index is 0.0713. The second kappa shape index (κ2) is 14.7. The molecule has 40 heavy (non-hydrogen) atoms. The maximum Gasteiger partial charge on any atom is 0.244 e. The predicted octanol–water partition coefficient (Wildman–Crippen LogP) is 4.67. The monoisotopic (exact) mass is 585 g/mol. The van der Waals surface area contributed by atoms with Gasteiger partial charge in [0.2, 0.25) is 21.8 Å². The average Bonchev–Trinajstić information content (AvgIpc) is 2.93. The van der Waals surface area contributed by atoms with Crippen LogP contribution in [-0.2, 0) is 32.6 Å². The Bertz CT molecular complexity index is 1380. The molecule has 0 aromatic heterocycles. The number of sulfonamides is 1. The molecule has 0 heterocycles. The summed E-state index contributed by atoms with van der Waals surface area (Å²) in [7, 11) is -2.31. The second-order valence-electron chi connectivity index (χ2n) is 9.47. The van der Waals surface area contributed by atoms with Gasteiger partial charge < -0.3 is 15.0 Å². The number of nitrogens with one attached hydrogen (secondary N) is 1. The number of methoxy groups -OCH3 is 1. The summed E-state index contributed by atoms with van der Waals surface area (Å²) in [5.74, 6) is -0.226. The third-order valence-corrected chi connectivity index (χ3v) is 7.74. The summed E-state index contributed by atoms with van der Waals surface area (Å²) in [6.45, 7) is 2.07. The van der Waals surface area contributed by atoms with Crippen molar-refractivity contribution in [2.45, 2.75) is 38.8 Å². The molecule has 10 heteroatoms. The van der Waals surface area contributed by atoms with Gasteiger partial charge in [0.05, 0.1) is 19.1 Å². The van der Waals surface area contributed by atoms with Crippen LogP contribution in [0.2, 0.25) is 5.02 Å². The van der Waals surface area contributed by atoms with Crippen molar-refractivity contribution in [2.24, 2.45) is 0 Å². The van der Waals surface area contributed by atoms with Crippen LogP contribution in [0.5, 0.6) is 5.75 Å². The number of anilines is 1. The summed E-state index contributed by atoms with van der Waals surface area (Å²) >= 11 is 6.14. The van der Waals surface area contributed by atoms with Gasteiger partial charge in [-0.1, -0.05) is 73.5 Å². The van der Waals surface area contributed by atoms with E-state index < -0.39 is 28.5 Å². The quantitative estimate of drug-likeness (QED) is 0.277. The third kappa shape index (κ3) is 8.99. The molecule has 0 saturated carbocycles. The highest BCUT2D eigenvalue weighted by molar-refractivity contribution is 7.92. The SMILES string of the molecule is CCCCNC(=O)[C@H](Cc1ccccc1)N(Cc1cccc(OC)c1)C(=O)CN(c1cccc(Cl)c1)S(C)(=O)=O. The maximum absolute atomic E-state index is 14.1. The standard InChI is InChI=1S/C30H36ClN3O5S/c1-4-5-17-32-30(36)28(19-23-11-7-6-8-12-23)33(21-24-13-9-16-27(18-24)39-2)29(35)22-34(40(3,37)38)26-15-10-14-25(31)20-26/h6-16,18,20,28H,4-5,17,19,21-22H2,1-3H3,(H,32,36)/t28-/m0/s1. The summed E-state index contributed by atoms with van der Waals surface area (Å²) in [6, 6.07) is 22.1. The van der Waals surface area contributed by atoms with Crippen LogP contribution in [0.4, 0.5) is 5.69 Å². The van der Waals surface area contributed by atoms with Crippen molar-refractivity contribution in [3.8, 4) is 5.75 Å². The molecule has 0 bridgehead atoms. The fourth-order valence-corrected chi connectivity index (χ4v) is 5.30. The number of hydrogen-bond donors (Lipinski definition) is 1. The molecule has 0 aliphatic heterocycles. The third-order valence-electron chi connectivity index (χ3n) is 6.36. The first-order valence-corrected chi connectivity index (χ1v) is 15.3. The van der Waals surface area contributed by atoms with Crippen molar-refractivity contribution >= 4 is 39.1 Å². The Kier molecular flexibility index (Phi) is 11.4. The van der Waals surface area contributed by atoms with Crippen LogP contribution in [0, 0.1) is 0 Å². The Morgan fingerprint density at radius 2 is 1.68 bits per heavy atom. The van der Waals surface area contributed by atoms with E-state index in [1.54, 1.807) is 43.5 Å². The van der Waals surface area contributed by atoms with Crippen LogP contribution in [0.25, 0.3) is 0 Å². The van der Waals surface area contributed by atoms with Crippen LogP contribution in [0.3, 0.4) is 0 Å². The van der Waals surface area contributed by atoms with Gasteiger partial charge in [0.1, 0.15) is 18.3 Å². The summed E-state index contributed by atoms with van der Waals surface area (Å²) in [5, 5.41) is 3.30. The van der Waals surface area contributed by atoms with E-state index in [1.165, 1.54) is 11.0 Å². The molecule has 2 amide bonds. The van der Waals surface area contributed by atoms with Crippen molar-refractivity contribution in [1.82, 2.24) is 10.2 Å². The molecular formula is C30H36ClN3O5S. The Morgan fingerprint density at radius 1 is 0.975 bits per heavy atom. The number of ether oxygens (including phenoxy) is 1. The van der Waals surface area contributed by atoms with E-state index in [2.05, 4.69) is 5.32 Å². The number of carbonyl (C=O) groups is 2. The first-order valence-electron chi connectivity index (χ1n) is 13.1. The summed E-state index contributed by atoms with van der Waals surface area (Å²) in [4.78, 5) is 29.1. The number of nitrogens with zero attached hydrogens (tertiary/aromatic N) is 2. The van der Waals surface area contributed by atoms with Gasteiger partial charge in [0.15, 0.2) is 0 Å². The molecule has 3 aromatic carbocycles. The molecule has 0 unspecified atom stereocenters.